The summed E-state index contributed by atoms with van der Waals surface area (Å²) in [5.74, 6) is 0.446. The van der Waals surface area contributed by atoms with E-state index in [-0.39, 0.29) is 17.6 Å². The fraction of sp³-hybridized carbons (Fsp3) is 0.808. The van der Waals surface area contributed by atoms with E-state index in [4.69, 9.17) is 28.5 Å². The quantitative estimate of drug-likeness (QED) is 0.508. The van der Waals surface area contributed by atoms with E-state index in [9.17, 15) is 5.11 Å². The number of ether oxygens (including phenoxy) is 4. The first-order valence-corrected chi connectivity index (χ1v) is 16.7. The highest BCUT2D eigenvalue weighted by Crippen LogP contribution is 2.41. The van der Waals surface area contributed by atoms with Crippen molar-refractivity contribution in [3.8, 4) is 5.88 Å². The molecule has 0 aromatic carbocycles. The minimum absolute atomic E-state index is 0.0836. The fourth-order valence-electron chi connectivity index (χ4n) is 4.89. The number of aliphatic hydroxyl groups excluding tert-OH is 1. The Bertz CT molecular complexity index is 1060. The zero-order valence-electron chi connectivity index (χ0n) is 22.8. The molecule has 0 bridgehead atoms. The van der Waals surface area contributed by atoms with Gasteiger partial charge in [-0.2, -0.15) is 10.1 Å². The van der Waals surface area contributed by atoms with E-state index in [2.05, 4.69) is 43.8 Å². The molecule has 10 nitrogen and oxygen atoms in total. The summed E-state index contributed by atoms with van der Waals surface area (Å²) in [7, 11) is -1.97. The van der Waals surface area contributed by atoms with Gasteiger partial charge in [-0.25, -0.2) is 9.67 Å². The van der Waals surface area contributed by atoms with Crippen LogP contribution in [0.1, 0.15) is 83.7 Å². The van der Waals surface area contributed by atoms with Gasteiger partial charge in [-0.05, 0) is 50.2 Å². The number of hydrogen-bond acceptors (Lipinski definition) is 9. The Morgan fingerprint density at radius 1 is 1.08 bits per heavy atom. The highest BCUT2D eigenvalue weighted by Gasteiger charge is 2.42. The standard InChI is InChI=1S/C26H42N4O6Si/c1-26(2,3)37(4,5)34-15-19-17(31)14-18(35-19)22-23-24(30(29-22)20-10-6-8-12-32-20)25(28-16-27-23)36-21-11-7-9-13-33-21/h16-21,31H,6-15H2,1-5H3/t17-,18+,19+,20?,21?/m0/s1. The normalized spacial score (nSPS) is 29.6. The predicted molar refractivity (Wildman–Crippen MR) is 140 cm³/mol. The van der Waals surface area contributed by atoms with Crippen LogP contribution >= 0.6 is 0 Å². The molecule has 206 valence electrons. The van der Waals surface area contributed by atoms with Gasteiger partial charge in [-0.15, -0.1) is 0 Å². The molecule has 0 saturated carbocycles. The molecule has 0 radical (unpaired) electrons. The Labute approximate surface area is 220 Å². The molecular formula is C26H42N4O6Si. The third-order valence-electron chi connectivity index (χ3n) is 8.23. The summed E-state index contributed by atoms with van der Waals surface area (Å²) in [4.78, 5) is 9.08. The molecule has 5 atom stereocenters. The lowest BCUT2D eigenvalue weighted by molar-refractivity contribution is -0.107. The van der Waals surface area contributed by atoms with Crippen LogP contribution in [0.5, 0.6) is 5.88 Å². The maximum Gasteiger partial charge on any atom is 0.245 e. The molecule has 2 unspecified atom stereocenters. The van der Waals surface area contributed by atoms with Gasteiger partial charge in [-0.3, -0.25) is 0 Å². The summed E-state index contributed by atoms with van der Waals surface area (Å²) in [6.45, 7) is 12.8. The van der Waals surface area contributed by atoms with Crippen molar-refractivity contribution in [1.29, 1.82) is 0 Å². The third kappa shape index (κ3) is 5.72. The van der Waals surface area contributed by atoms with Crippen LogP contribution in [0, 0.1) is 0 Å². The van der Waals surface area contributed by atoms with Crippen molar-refractivity contribution >= 4 is 19.4 Å². The van der Waals surface area contributed by atoms with Gasteiger partial charge in [0.05, 0.1) is 19.3 Å². The monoisotopic (exact) mass is 534 g/mol. The summed E-state index contributed by atoms with van der Waals surface area (Å²) in [6.07, 6.45) is 5.74. The molecule has 0 spiro atoms. The molecule has 2 aromatic heterocycles. The molecule has 5 heterocycles. The minimum Gasteiger partial charge on any atom is -0.446 e. The average molecular weight is 535 g/mol. The molecule has 0 aliphatic carbocycles. The number of hydrogen-bond donors (Lipinski definition) is 1. The largest absolute Gasteiger partial charge is 0.446 e. The van der Waals surface area contributed by atoms with Gasteiger partial charge in [0.2, 0.25) is 12.2 Å². The molecular weight excluding hydrogens is 492 g/mol. The molecule has 2 aromatic rings. The van der Waals surface area contributed by atoms with Gasteiger partial charge >= 0.3 is 0 Å². The van der Waals surface area contributed by atoms with Crippen LogP contribution in [-0.4, -0.2) is 71.5 Å². The van der Waals surface area contributed by atoms with E-state index in [1.165, 1.54) is 6.33 Å². The summed E-state index contributed by atoms with van der Waals surface area (Å²) in [5, 5.41) is 15.9. The number of aliphatic hydroxyl groups is 1. The second-order valence-corrected chi connectivity index (χ2v) is 16.8. The molecule has 3 fully saturated rings. The lowest BCUT2D eigenvalue weighted by Gasteiger charge is -2.37. The molecule has 3 saturated heterocycles. The van der Waals surface area contributed by atoms with Crippen molar-refractivity contribution in [3.63, 3.8) is 0 Å². The SMILES string of the molecule is CC(C)(C)[Si](C)(C)OC[C@H]1O[C@@H](c2nn(C3CCCCO3)c3c(OC4CCCCO4)ncnc23)C[C@@H]1O. The van der Waals surface area contributed by atoms with Crippen molar-refractivity contribution in [2.45, 2.75) is 115 Å². The fourth-order valence-corrected chi connectivity index (χ4v) is 5.90. The zero-order chi connectivity index (χ0) is 26.2. The number of fused-ring (bicyclic) bond motifs is 1. The number of nitrogens with zero attached hydrogens (tertiary/aromatic N) is 4. The van der Waals surface area contributed by atoms with Crippen LogP contribution in [0.4, 0.5) is 0 Å². The molecule has 3 aliphatic rings. The van der Waals surface area contributed by atoms with Gasteiger partial charge in [0.1, 0.15) is 29.7 Å². The maximum absolute atomic E-state index is 10.9. The summed E-state index contributed by atoms with van der Waals surface area (Å²) in [5.41, 5.74) is 2.03. The van der Waals surface area contributed by atoms with E-state index in [1.807, 2.05) is 4.68 Å². The minimum atomic E-state index is -1.97. The smallest absolute Gasteiger partial charge is 0.245 e. The Hall–Kier alpha value is -1.63. The van der Waals surface area contributed by atoms with Gasteiger partial charge in [-0.1, -0.05) is 20.8 Å². The molecule has 11 heteroatoms. The highest BCUT2D eigenvalue weighted by molar-refractivity contribution is 6.74. The van der Waals surface area contributed by atoms with Crippen LogP contribution in [0.2, 0.25) is 18.1 Å². The molecule has 5 rings (SSSR count). The van der Waals surface area contributed by atoms with Gasteiger partial charge in [0.25, 0.3) is 0 Å². The van der Waals surface area contributed by atoms with Gasteiger partial charge < -0.3 is 28.5 Å². The molecule has 37 heavy (non-hydrogen) atoms. The van der Waals surface area contributed by atoms with Crippen molar-refractivity contribution in [2.75, 3.05) is 19.8 Å². The van der Waals surface area contributed by atoms with Gasteiger partial charge in [0.15, 0.2) is 20.1 Å². The second kappa shape index (κ2) is 10.9. The van der Waals surface area contributed by atoms with E-state index in [0.717, 1.165) is 38.5 Å². The lowest BCUT2D eigenvalue weighted by atomic mass is 10.1. The Morgan fingerprint density at radius 3 is 2.51 bits per heavy atom. The van der Waals surface area contributed by atoms with Crippen LogP contribution in [0.25, 0.3) is 11.0 Å². The lowest BCUT2D eigenvalue weighted by Crippen LogP contribution is -2.43. The Kier molecular flexibility index (Phi) is 7.91. The van der Waals surface area contributed by atoms with Crippen LogP contribution in [0.3, 0.4) is 0 Å². The second-order valence-electron chi connectivity index (χ2n) is 12.0. The summed E-state index contributed by atoms with van der Waals surface area (Å²) in [6, 6.07) is 0. The summed E-state index contributed by atoms with van der Waals surface area (Å²) >= 11 is 0. The van der Waals surface area contributed by atoms with Crippen molar-refractivity contribution in [3.05, 3.63) is 12.0 Å². The molecule has 1 N–H and O–H groups in total. The van der Waals surface area contributed by atoms with Crippen LogP contribution < -0.4 is 4.74 Å². The number of rotatable bonds is 7. The van der Waals surface area contributed by atoms with Crippen LogP contribution in [-0.2, 0) is 18.6 Å². The average Bonchev–Trinajstić information content (AvgIpc) is 3.44. The number of aromatic nitrogens is 4. The first kappa shape index (κ1) is 27.0. The van der Waals surface area contributed by atoms with E-state index in [0.29, 0.717) is 48.8 Å². The summed E-state index contributed by atoms with van der Waals surface area (Å²) < 4.78 is 32.7. The van der Waals surface area contributed by atoms with Crippen molar-refractivity contribution in [1.82, 2.24) is 19.7 Å². The van der Waals surface area contributed by atoms with E-state index in [1.54, 1.807) is 0 Å². The van der Waals surface area contributed by atoms with Gasteiger partial charge in [0, 0.05) is 19.4 Å². The first-order chi connectivity index (χ1) is 17.6. The van der Waals surface area contributed by atoms with Crippen molar-refractivity contribution < 1.29 is 28.5 Å². The van der Waals surface area contributed by atoms with Crippen LogP contribution in [0.15, 0.2) is 6.33 Å². The third-order valence-corrected chi connectivity index (χ3v) is 12.7. The van der Waals surface area contributed by atoms with E-state index >= 15 is 0 Å². The first-order valence-electron chi connectivity index (χ1n) is 13.7. The predicted octanol–water partition coefficient (Wildman–Crippen LogP) is 4.64. The Balaban J connectivity index is 1.42. The topological polar surface area (TPSA) is 110 Å². The Morgan fingerprint density at radius 2 is 1.84 bits per heavy atom. The zero-order valence-corrected chi connectivity index (χ0v) is 23.8. The maximum atomic E-state index is 10.9. The van der Waals surface area contributed by atoms with Crippen molar-refractivity contribution in [2.24, 2.45) is 0 Å². The molecule has 0 amide bonds. The van der Waals surface area contributed by atoms with E-state index < -0.39 is 26.6 Å². The highest BCUT2D eigenvalue weighted by atomic mass is 28.4. The molecule has 3 aliphatic heterocycles.